The highest BCUT2D eigenvalue weighted by Crippen LogP contribution is 2.19. The quantitative estimate of drug-likeness (QED) is 0.687. The number of nitrogens with two attached hydrogens (primary N) is 1. The van der Waals surface area contributed by atoms with Crippen LogP contribution in [0.1, 0.15) is 18.0 Å². The van der Waals surface area contributed by atoms with Crippen LogP contribution in [0.25, 0.3) is 10.9 Å². The molecule has 14 heavy (non-hydrogen) atoms. The molecule has 3 heteroatoms. The zero-order valence-corrected chi connectivity index (χ0v) is 7.90. The Morgan fingerprint density at radius 3 is 3.00 bits per heavy atom. The van der Waals surface area contributed by atoms with Gasteiger partial charge in [-0.3, -0.25) is 0 Å². The average molecular weight is 190 g/mol. The Hall–Kier alpha value is -1.32. The highest BCUT2D eigenvalue weighted by atomic mass is 16.3. The van der Waals surface area contributed by atoms with Crippen LogP contribution in [0.4, 0.5) is 0 Å². The Balaban J connectivity index is 2.33. The number of aromatic nitrogens is 1. The van der Waals surface area contributed by atoms with E-state index in [4.69, 9.17) is 10.8 Å². The van der Waals surface area contributed by atoms with Gasteiger partial charge in [0.15, 0.2) is 0 Å². The maximum absolute atomic E-state index is 8.79. The molecule has 1 atom stereocenters. The van der Waals surface area contributed by atoms with Gasteiger partial charge in [0.05, 0.1) is 0 Å². The molecule has 0 aliphatic carbocycles. The Kier molecular flexibility index (Phi) is 2.52. The van der Waals surface area contributed by atoms with E-state index in [1.165, 1.54) is 0 Å². The molecule has 0 fully saturated rings. The lowest BCUT2D eigenvalue weighted by Crippen LogP contribution is -2.11. The van der Waals surface area contributed by atoms with Crippen molar-refractivity contribution in [1.82, 2.24) is 4.98 Å². The van der Waals surface area contributed by atoms with Crippen LogP contribution in [0, 0.1) is 0 Å². The smallest absolute Gasteiger partial charge is 0.0454 e. The normalized spacial score (nSPS) is 13.3. The lowest BCUT2D eigenvalue weighted by molar-refractivity contribution is 0.276. The van der Waals surface area contributed by atoms with E-state index in [1.54, 1.807) is 0 Å². The minimum atomic E-state index is -0.0701. The van der Waals surface area contributed by atoms with Gasteiger partial charge in [-0.15, -0.1) is 0 Å². The standard InChI is InChI=1S/C11H14N2O/c12-10(4-6-14)8-1-2-11-9(7-8)3-5-13-11/h1-3,5,7,10,13-14H,4,6,12H2/t10-/m0/s1. The molecule has 4 N–H and O–H groups in total. The number of hydrogen-bond acceptors (Lipinski definition) is 2. The summed E-state index contributed by atoms with van der Waals surface area (Å²) in [4.78, 5) is 3.13. The number of H-pyrrole nitrogens is 1. The first kappa shape index (κ1) is 9.24. The van der Waals surface area contributed by atoms with Crippen molar-refractivity contribution in [2.75, 3.05) is 6.61 Å². The maximum atomic E-state index is 8.79. The molecule has 1 heterocycles. The fourth-order valence-corrected chi connectivity index (χ4v) is 1.61. The van der Waals surface area contributed by atoms with Crippen LogP contribution in [0.3, 0.4) is 0 Å². The molecule has 0 radical (unpaired) electrons. The van der Waals surface area contributed by atoms with Gasteiger partial charge in [0.25, 0.3) is 0 Å². The van der Waals surface area contributed by atoms with Gasteiger partial charge in [0.2, 0.25) is 0 Å². The van der Waals surface area contributed by atoms with E-state index in [0.29, 0.717) is 6.42 Å². The minimum absolute atomic E-state index is 0.0701. The van der Waals surface area contributed by atoms with E-state index in [2.05, 4.69) is 11.1 Å². The molecule has 1 aromatic carbocycles. The number of aliphatic hydroxyl groups excluding tert-OH is 1. The first-order chi connectivity index (χ1) is 6.81. The first-order valence-corrected chi connectivity index (χ1v) is 4.75. The molecule has 0 saturated carbocycles. The van der Waals surface area contributed by atoms with Gasteiger partial charge in [-0.1, -0.05) is 6.07 Å². The summed E-state index contributed by atoms with van der Waals surface area (Å²) in [6, 6.07) is 8.02. The van der Waals surface area contributed by atoms with Gasteiger partial charge >= 0.3 is 0 Å². The number of benzene rings is 1. The second-order valence-electron chi connectivity index (χ2n) is 3.44. The van der Waals surface area contributed by atoms with E-state index in [0.717, 1.165) is 16.5 Å². The number of rotatable bonds is 3. The zero-order chi connectivity index (χ0) is 9.97. The molecule has 0 amide bonds. The summed E-state index contributed by atoms with van der Waals surface area (Å²) in [5, 5.41) is 9.95. The van der Waals surface area contributed by atoms with Crippen molar-refractivity contribution in [3.8, 4) is 0 Å². The van der Waals surface area contributed by atoms with Crippen LogP contribution in [0.5, 0.6) is 0 Å². The van der Waals surface area contributed by atoms with E-state index in [1.807, 2.05) is 24.4 Å². The molecular formula is C11H14N2O. The van der Waals surface area contributed by atoms with E-state index >= 15 is 0 Å². The Bertz CT molecular complexity index is 422. The zero-order valence-electron chi connectivity index (χ0n) is 7.90. The molecule has 3 nitrogen and oxygen atoms in total. The summed E-state index contributed by atoms with van der Waals surface area (Å²) in [6.45, 7) is 0.131. The molecule has 0 aliphatic heterocycles. The van der Waals surface area contributed by atoms with Crippen LogP contribution in [-0.2, 0) is 0 Å². The molecule has 2 aromatic rings. The summed E-state index contributed by atoms with van der Waals surface area (Å²) >= 11 is 0. The highest BCUT2D eigenvalue weighted by molar-refractivity contribution is 5.80. The van der Waals surface area contributed by atoms with Crippen LogP contribution in [0.2, 0.25) is 0 Å². The van der Waals surface area contributed by atoms with E-state index in [9.17, 15) is 0 Å². The number of nitrogens with one attached hydrogen (secondary N) is 1. The van der Waals surface area contributed by atoms with Crippen molar-refractivity contribution >= 4 is 10.9 Å². The predicted octanol–water partition coefficient (Wildman–Crippen LogP) is 1.55. The molecule has 1 aromatic heterocycles. The van der Waals surface area contributed by atoms with Crippen molar-refractivity contribution in [3.05, 3.63) is 36.0 Å². The van der Waals surface area contributed by atoms with Crippen molar-refractivity contribution in [2.24, 2.45) is 5.73 Å². The fourth-order valence-electron chi connectivity index (χ4n) is 1.61. The van der Waals surface area contributed by atoms with E-state index in [-0.39, 0.29) is 12.6 Å². The Morgan fingerprint density at radius 2 is 2.21 bits per heavy atom. The molecule has 2 rings (SSSR count). The molecule has 0 aliphatic rings. The van der Waals surface area contributed by atoms with Crippen molar-refractivity contribution in [2.45, 2.75) is 12.5 Å². The summed E-state index contributed by atoms with van der Waals surface area (Å²) in [5.41, 5.74) is 8.09. The largest absolute Gasteiger partial charge is 0.396 e. The Morgan fingerprint density at radius 1 is 1.36 bits per heavy atom. The van der Waals surface area contributed by atoms with Gasteiger partial charge < -0.3 is 15.8 Å². The van der Waals surface area contributed by atoms with Gasteiger partial charge in [-0.25, -0.2) is 0 Å². The number of hydrogen-bond donors (Lipinski definition) is 3. The van der Waals surface area contributed by atoms with Gasteiger partial charge in [-0.2, -0.15) is 0 Å². The molecule has 0 bridgehead atoms. The topological polar surface area (TPSA) is 62.0 Å². The SMILES string of the molecule is N[C@@H](CCO)c1ccc2[nH]ccc2c1. The first-order valence-electron chi connectivity index (χ1n) is 4.75. The summed E-state index contributed by atoms with van der Waals surface area (Å²) < 4.78 is 0. The average Bonchev–Trinajstić information content (AvgIpc) is 2.64. The third-order valence-corrected chi connectivity index (χ3v) is 2.45. The highest BCUT2D eigenvalue weighted by Gasteiger charge is 2.05. The third kappa shape index (κ3) is 1.64. The lowest BCUT2D eigenvalue weighted by atomic mass is 10.0. The fraction of sp³-hybridized carbons (Fsp3) is 0.273. The van der Waals surface area contributed by atoms with Gasteiger partial charge in [-0.05, 0) is 35.6 Å². The predicted molar refractivity (Wildman–Crippen MR) is 56.9 cm³/mol. The molecule has 0 unspecified atom stereocenters. The van der Waals surface area contributed by atoms with Gasteiger partial charge in [0.1, 0.15) is 0 Å². The second kappa shape index (κ2) is 3.82. The second-order valence-corrected chi connectivity index (χ2v) is 3.44. The minimum Gasteiger partial charge on any atom is -0.396 e. The van der Waals surface area contributed by atoms with Crippen LogP contribution >= 0.6 is 0 Å². The van der Waals surface area contributed by atoms with Crippen LogP contribution in [0.15, 0.2) is 30.5 Å². The molecule has 0 saturated heterocycles. The number of fused-ring (bicyclic) bond motifs is 1. The van der Waals surface area contributed by atoms with Crippen molar-refractivity contribution in [1.29, 1.82) is 0 Å². The van der Waals surface area contributed by atoms with Crippen LogP contribution in [-0.4, -0.2) is 16.7 Å². The van der Waals surface area contributed by atoms with E-state index < -0.39 is 0 Å². The van der Waals surface area contributed by atoms with Crippen LogP contribution < -0.4 is 5.73 Å². The Labute approximate surface area is 82.6 Å². The maximum Gasteiger partial charge on any atom is 0.0454 e. The summed E-state index contributed by atoms with van der Waals surface area (Å²) in [6.07, 6.45) is 2.52. The van der Waals surface area contributed by atoms with Crippen molar-refractivity contribution in [3.63, 3.8) is 0 Å². The van der Waals surface area contributed by atoms with Crippen molar-refractivity contribution < 1.29 is 5.11 Å². The molecular weight excluding hydrogens is 176 g/mol. The third-order valence-electron chi connectivity index (χ3n) is 2.45. The summed E-state index contributed by atoms with van der Waals surface area (Å²) in [5.74, 6) is 0. The molecule has 0 spiro atoms. The number of aliphatic hydroxyl groups is 1. The number of aromatic amines is 1. The monoisotopic (exact) mass is 190 g/mol. The van der Waals surface area contributed by atoms with Gasteiger partial charge in [0, 0.05) is 24.4 Å². The lowest BCUT2D eigenvalue weighted by Gasteiger charge is -2.09. The molecule has 74 valence electrons. The summed E-state index contributed by atoms with van der Waals surface area (Å²) in [7, 11) is 0.